The maximum Gasteiger partial charge on any atom is 0.252 e. The lowest BCUT2D eigenvalue weighted by molar-refractivity contribution is 0.0998. The highest BCUT2D eigenvalue weighted by Gasteiger charge is 2.17. The number of nitrogen functional groups attached to an aromatic ring is 1. The van der Waals surface area contributed by atoms with Crippen LogP contribution in [0, 0.1) is 0 Å². The van der Waals surface area contributed by atoms with E-state index in [1.165, 1.54) is 6.33 Å². The first-order chi connectivity index (χ1) is 9.50. The summed E-state index contributed by atoms with van der Waals surface area (Å²) in [6, 6.07) is 6.71. The molecule has 0 atom stereocenters. The second kappa shape index (κ2) is 5.56. The number of amides is 1. The van der Waals surface area contributed by atoms with Gasteiger partial charge in [-0.1, -0.05) is 26.0 Å². The molecule has 0 bridgehead atoms. The van der Waals surface area contributed by atoms with E-state index in [-0.39, 0.29) is 5.92 Å². The van der Waals surface area contributed by atoms with Gasteiger partial charge in [-0.2, -0.15) is 0 Å². The van der Waals surface area contributed by atoms with Crippen LogP contribution in [0.5, 0.6) is 11.6 Å². The van der Waals surface area contributed by atoms with E-state index in [0.29, 0.717) is 28.6 Å². The molecule has 2 rings (SSSR count). The number of ether oxygens (including phenoxy) is 1. The van der Waals surface area contributed by atoms with Crippen LogP contribution in [0.15, 0.2) is 30.6 Å². The average molecular weight is 272 g/mol. The summed E-state index contributed by atoms with van der Waals surface area (Å²) in [4.78, 5) is 19.4. The first kappa shape index (κ1) is 13.8. The fourth-order valence-electron chi connectivity index (χ4n) is 1.88. The van der Waals surface area contributed by atoms with Crippen molar-refractivity contribution in [2.45, 2.75) is 19.8 Å². The van der Waals surface area contributed by atoms with Gasteiger partial charge >= 0.3 is 0 Å². The van der Waals surface area contributed by atoms with Crippen molar-refractivity contribution in [1.29, 1.82) is 0 Å². The first-order valence-electron chi connectivity index (χ1n) is 6.17. The summed E-state index contributed by atoms with van der Waals surface area (Å²) in [5, 5.41) is 0. The van der Waals surface area contributed by atoms with Crippen LogP contribution in [0.1, 0.15) is 35.7 Å². The number of nitrogens with two attached hydrogens (primary N) is 2. The predicted octanol–water partition coefficient (Wildman–Crippen LogP) is 2.07. The maximum absolute atomic E-state index is 11.4. The molecule has 0 saturated carbocycles. The number of para-hydroxylation sites is 1. The molecule has 0 fully saturated rings. The zero-order chi connectivity index (χ0) is 14.7. The Morgan fingerprint density at radius 1 is 1.25 bits per heavy atom. The van der Waals surface area contributed by atoms with Gasteiger partial charge in [0.25, 0.3) is 5.91 Å². The minimum atomic E-state index is -0.561. The topological polar surface area (TPSA) is 104 Å². The Labute approximate surface area is 116 Å². The fourth-order valence-corrected chi connectivity index (χ4v) is 1.88. The van der Waals surface area contributed by atoms with E-state index < -0.39 is 5.91 Å². The number of benzene rings is 1. The molecule has 0 unspecified atom stereocenters. The lowest BCUT2D eigenvalue weighted by Crippen LogP contribution is -2.12. The molecule has 0 spiro atoms. The molecule has 20 heavy (non-hydrogen) atoms. The van der Waals surface area contributed by atoms with Crippen LogP contribution in [0.4, 0.5) is 5.82 Å². The lowest BCUT2D eigenvalue weighted by Gasteiger charge is -2.14. The van der Waals surface area contributed by atoms with Crippen molar-refractivity contribution in [3.8, 4) is 11.6 Å². The molecule has 1 heterocycles. The highest BCUT2D eigenvalue weighted by Crippen LogP contribution is 2.32. The van der Waals surface area contributed by atoms with E-state index in [2.05, 4.69) is 9.97 Å². The summed E-state index contributed by atoms with van der Waals surface area (Å²) in [5.41, 5.74) is 12.2. The van der Waals surface area contributed by atoms with Gasteiger partial charge in [0, 0.05) is 0 Å². The van der Waals surface area contributed by atoms with Crippen LogP contribution < -0.4 is 16.2 Å². The van der Waals surface area contributed by atoms with Crippen molar-refractivity contribution in [1.82, 2.24) is 9.97 Å². The summed E-state index contributed by atoms with van der Waals surface area (Å²) in [6.45, 7) is 3.92. The number of hydrogen-bond acceptors (Lipinski definition) is 5. The number of nitrogens with zero attached hydrogens (tertiary/aromatic N) is 2. The van der Waals surface area contributed by atoms with E-state index in [0.717, 1.165) is 0 Å². The summed E-state index contributed by atoms with van der Waals surface area (Å²) in [5.74, 6) is 0.573. The third kappa shape index (κ3) is 2.69. The number of carbonyl (C=O) groups excluding carboxylic acids is 1. The molecule has 0 aliphatic rings. The molecule has 0 aliphatic carbocycles. The van der Waals surface area contributed by atoms with Crippen LogP contribution >= 0.6 is 0 Å². The average Bonchev–Trinajstić information content (AvgIpc) is 2.38. The smallest absolute Gasteiger partial charge is 0.252 e. The summed E-state index contributed by atoms with van der Waals surface area (Å²) in [7, 11) is 0. The number of carbonyl (C=O) groups is 1. The number of primary amides is 1. The van der Waals surface area contributed by atoms with Gasteiger partial charge in [0.1, 0.15) is 17.9 Å². The summed E-state index contributed by atoms with van der Waals surface area (Å²) < 4.78 is 5.71. The molecule has 0 radical (unpaired) electrons. The summed E-state index contributed by atoms with van der Waals surface area (Å²) in [6.07, 6.45) is 1.32. The molecular weight excluding hydrogens is 256 g/mol. The zero-order valence-corrected chi connectivity index (χ0v) is 11.3. The second-order valence-electron chi connectivity index (χ2n) is 4.59. The highest BCUT2D eigenvalue weighted by atomic mass is 16.5. The number of rotatable bonds is 4. The van der Waals surface area contributed by atoms with Gasteiger partial charge in [-0.05, 0) is 18.1 Å². The van der Waals surface area contributed by atoms with Gasteiger partial charge in [-0.25, -0.2) is 9.97 Å². The van der Waals surface area contributed by atoms with Crippen molar-refractivity contribution in [2.75, 3.05) is 5.73 Å². The minimum Gasteiger partial charge on any atom is -0.438 e. The Balaban J connectivity index is 2.46. The normalized spacial score (nSPS) is 10.6. The molecule has 4 N–H and O–H groups in total. The van der Waals surface area contributed by atoms with E-state index >= 15 is 0 Å². The van der Waals surface area contributed by atoms with E-state index in [9.17, 15) is 4.79 Å². The van der Waals surface area contributed by atoms with Crippen molar-refractivity contribution >= 4 is 11.7 Å². The van der Waals surface area contributed by atoms with Gasteiger partial charge in [0.2, 0.25) is 5.88 Å². The van der Waals surface area contributed by atoms with Gasteiger partial charge in [0.05, 0.1) is 11.1 Å². The number of hydrogen-bond donors (Lipinski definition) is 2. The van der Waals surface area contributed by atoms with Crippen molar-refractivity contribution in [2.24, 2.45) is 5.73 Å². The van der Waals surface area contributed by atoms with Crippen molar-refractivity contribution in [3.63, 3.8) is 0 Å². The minimum absolute atomic E-state index is 0.0898. The lowest BCUT2D eigenvalue weighted by atomic mass is 10.1. The Kier molecular flexibility index (Phi) is 3.84. The van der Waals surface area contributed by atoms with Crippen molar-refractivity contribution < 1.29 is 9.53 Å². The SMILES string of the molecule is CC(C)c1c(N)ncnc1Oc1ccccc1C(N)=O. The second-order valence-corrected chi connectivity index (χ2v) is 4.59. The van der Waals surface area contributed by atoms with Crippen LogP contribution in [-0.2, 0) is 0 Å². The molecule has 104 valence electrons. The van der Waals surface area contributed by atoms with Crippen LogP contribution in [0.2, 0.25) is 0 Å². The fraction of sp³-hybridized carbons (Fsp3) is 0.214. The molecule has 0 aliphatic heterocycles. The quantitative estimate of drug-likeness (QED) is 0.886. The van der Waals surface area contributed by atoms with E-state index in [4.69, 9.17) is 16.2 Å². The molecule has 1 amide bonds. The van der Waals surface area contributed by atoms with Crippen molar-refractivity contribution in [3.05, 3.63) is 41.7 Å². The van der Waals surface area contributed by atoms with Gasteiger partial charge in [-0.15, -0.1) is 0 Å². The van der Waals surface area contributed by atoms with Crippen LogP contribution in [-0.4, -0.2) is 15.9 Å². The zero-order valence-electron chi connectivity index (χ0n) is 11.3. The molecule has 1 aromatic carbocycles. The van der Waals surface area contributed by atoms with Gasteiger partial charge in [-0.3, -0.25) is 4.79 Å². The Morgan fingerprint density at radius 2 is 1.95 bits per heavy atom. The number of aromatic nitrogens is 2. The third-order valence-corrected chi connectivity index (χ3v) is 2.81. The van der Waals surface area contributed by atoms with Gasteiger partial charge < -0.3 is 16.2 Å². The van der Waals surface area contributed by atoms with Crippen LogP contribution in [0.25, 0.3) is 0 Å². The first-order valence-corrected chi connectivity index (χ1v) is 6.17. The molecular formula is C14H16N4O2. The molecule has 6 heteroatoms. The standard InChI is InChI=1S/C14H16N4O2/c1-8(2)11-12(15)17-7-18-14(11)20-10-6-4-3-5-9(10)13(16)19/h3-8H,1-2H3,(H2,16,19)(H2,15,17,18). The summed E-state index contributed by atoms with van der Waals surface area (Å²) >= 11 is 0. The predicted molar refractivity (Wildman–Crippen MR) is 75.6 cm³/mol. The molecule has 0 saturated heterocycles. The van der Waals surface area contributed by atoms with E-state index in [1.807, 2.05) is 13.8 Å². The van der Waals surface area contributed by atoms with Gasteiger partial charge in [0.15, 0.2) is 0 Å². The Bertz CT molecular complexity index is 641. The highest BCUT2D eigenvalue weighted by molar-refractivity contribution is 5.95. The van der Waals surface area contributed by atoms with E-state index in [1.54, 1.807) is 24.3 Å². The molecule has 2 aromatic rings. The monoisotopic (exact) mass is 272 g/mol. The molecule has 1 aromatic heterocycles. The maximum atomic E-state index is 11.4. The molecule has 6 nitrogen and oxygen atoms in total. The largest absolute Gasteiger partial charge is 0.438 e. The Hall–Kier alpha value is -2.63. The van der Waals surface area contributed by atoms with Crippen LogP contribution in [0.3, 0.4) is 0 Å². The third-order valence-electron chi connectivity index (χ3n) is 2.81. The Morgan fingerprint density at radius 3 is 2.60 bits per heavy atom. The number of anilines is 1.